The first-order valence-corrected chi connectivity index (χ1v) is 10.4. The Kier molecular flexibility index (Phi) is 5.62. The molecule has 0 bridgehead atoms. The number of benzene rings is 1. The van der Waals surface area contributed by atoms with E-state index in [1.165, 1.54) is 0 Å². The first-order valence-electron chi connectivity index (χ1n) is 8.97. The molecule has 4 rings (SSSR count). The first-order chi connectivity index (χ1) is 13.6. The van der Waals surface area contributed by atoms with E-state index in [0.29, 0.717) is 22.9 Å². The van der Waals surface area contributed by atoms with Gasteiger partial charge >= 0.3 is 0 Å². The average molecular weight is 422 g/mol. The predicted octanol–water partition coefficient (Wildman–Crippen LogP) is 4.14. The van der Waals surface area contributed by atoms with E-state index in [0.717, 1.165) is 23.6 Å². The highest BCUT2D eigenvalue weighted by atomic mass is 32.2. The summed E-state index contributed by atoms with van der Waals surface area (Å²) in [6, 6.07) is 7.74. The zero-order valence-corrected chi connectivity index (χ0v) is 17.6. The summed E-state index contributed by atoms with van der Waals surface area (Å²) in [5.74, 6) is 2.79. The van der Waals surface area contributed by atoms with Crippen LogP contribution in [-0.2, 0) is 14.2 Å². The van der Waals surface area contributed by atoms with Crippen molar-refractivity contribution in [3.8, 4) is 11.5 Å². The maximum atomic E-state index is 6.05. The molecule has 1 N–H and O–H groups in total. The molecule has 0 spiro atoms. The summed E-state index contributed by atoms with van der Waals surface area (Å²) in [6.07, 6.45) is 2.44. The molecule has 3 atom stereocenters. The van der Waals surface area contributed by atoms with Crippen molar-refractivity contribution in [1.29, 1.82) is 0 Å². The molecule has 2 unspecified atom stereocenters. The number of aromatic nitrogens is 2. The van der Waals surface area contributed by atoms with Gasteiger partial charge in [-0.15, -0.1) is 11.8 Å². The fourth-order valence-electron chi connectivity index (χ4n) is 3.68. The van der Waals surface area contributed by atoms with Crippen molar-refractivity contribution in [2.24, 2.45) is 0 Å². The van der Waals surface area contributed by atoms with E-state index in [1.54, 1.807) is 33.1 Å². The first kappa shape index (κ1) is 19.7. The Balaban J connectivity index is 1.68. The van der Waals surface area contributed by atoms with E-state index in [2.05, 4.69) is 10.3 Å². The van der Waals surface area contributed by atoms with Crippen LogP contribution in [0.25, 0.3) is 0 Å². The number of para-hydroxylation sites is 2. The van der Waals surface area contributed by atoms with Gasteiger partial charge in [0.15, 0.2) is 17.3 Å². The van der Waals surface area contributed by atoms with E-state index in [9.17, 15) is 0 Å². The highest BCUT2D eigenvalue weighted by Crippen LogP contribution is 2.48. The number of rotatable bonds is 6. The third kappa shape index (κ3) is 3.31. The van der Waals surface area contributed by atoms with Gasteiger partial charge in [-0.1, -0.05) is 12.1 Å². The molecule has 3 heterocycles. The highest BCUT2D eigenvalue weighted by Gasteiger charge is 2.51. The van der Waals surface area contributed by atoms with Crippen molar-refractivity contribution in [2.75, 3.05) is 39.0 Å². The van der Waals surface area contributed by atoms with Crippen LogP contribution >= 0.6 is 24.0 Å². The molecule has 0 amide bonds. The second-order valence-electron chi connectivity index (χ2n) is 6.74. The van der Waals surface area contributed by atoms with Gasteiger partial charge in [-0.3, -0.25) is 0 Å². The molecule has 2 aliphatic rings. The lowest BCUT2D eigenvalue weighted by atomic mass is 9.94. The Morgan fingerprint density at radius 3 is 2.89 bits per heavy atom. The molecule has 0 saturated carbocycles. The Bertz CT molecular complexity index is 922. The largest absolute Gasteiger partial charge is 0.450 e. The van der Waals surface area contributed by atoms with Crippen molar-refractivity contribution in [1.82, 2.24) is 9.55 Å². The molecule has 1 aromatic carbocycles. The van der Waals surface area contributed by atoms with Crippen molar-refractivity contribution < 1.29 is 18.9 Å². The standard InChI is InChI=1S/C19H23N3O4S2/c1-23-9-8-19(25-3)11-28-17(15(19)24-2)22-10-14-16(21-18(22)27)20-12-6-4-5-7-13(12)26-14/h4-7,10,15,17H,8-9,11H2,1-3H3,(H,20,21,27)/t15?,17-,19?/m1/s1. The van der Waals surface area contributed by atoms with Crippen LogP contribution in [-0.4, -0.2) is 54.9 Å². The minimum atomic E-state index is -0.448. The topological polar surface area (TPSA) is 66.8 Å². The summed E-state index contributed by atoms with van der Waals surface area (Å²) in [7, 11) is 5.11. The second kappa shape index (κ2) is 8.00. The van der Waals surface area contributed by atoms with Crippen LogP contribution in [0.2, 0.25) is 0 Å². The van der Waals surface area contributed by atoms with E-state index in [-0.39, 0.29) is 11.5 Å². The van der Waals surface area contributed by atoms with Gasteiger partial charge in [0, 0.05) is 40.1 Å². The monoisotopic (exact) mass is 421 g/mol. The molecule has 1 aromatic heterocycles. The fourth-order valence-corrected chi connectivity index (χ4v) is 5.74. The Hall–Kier alpha value is -1.65. The number of fused-ring (bicyclic) bond motifs is 2. The van der Waals surface area contributed by atoms with E-state index in [1.807, 2.05) is 35.0 Å². The Morgan fingerprint density at radius 2 is 2.14 bits per heavy atom. The van der Waals surface area contributed by atoms with Crippen LogP contribution < -0.4 is 10.1 Å². The summed E-state index contributed by atoms with van der Waals surface area (Å²) in [6.45, 7) is 0.596. The Morgan fingerprint density at radius 1 is 1.32 bits per heavy atom. The molecule has 150 valence electrons. The number of methoxy groups -OCH3 is 3. The summed E-state index contributed by atoms with van der Waals surface area (Å²) in [4.78, 5) is 4.57. The third-order valence-corrected chi connectivity index (χ3v) is 6.99. The van der Waals surface area contributed by atoms with Gasteiger partial charge in [0.1, 0.15) is 17.1 Å². The molecule has 0 radical (unpaired) electrons. The second-order valence-corrected chi connectivity index (χ2v) is 8.21. The summed E-state index contributed by atoms with van der Waals surface area (Å²) in [5, 5.41) is 3.21. The summed E-state index contributed by atoms with van der Waals surface area (Å²) in [5.41, 5.74) is 0.425. The minimum absolute atomic E-state index is 0.0760. The van der Waals surface area contributed by atoms with E-state index < -0.39 is 5.60 Å². The van der Waals surface area contributed by atoms with Gasteiger partial charge in [-0.05, 0) is 24.4 Å². The van der Waals surface area contributed by atoms with Crippen molar-refractivity contribution >= 4 is 35.5 Å². The molecule has 9 heteroatoms. The summed E-state index contributed by atoms with van der Waals surface area (Å²) < 4.78 is 25.5. The molecule has 28 heavy (non-hydrogen) atoms. The SMILES string of the molecule is COCCC1(OC)CS[C@@H](n2cc3c(nc2=S)Nc2ccccc2O3)C1OC. The maximum Gasteiger partial charge on any atom is 0.202 e. The molecular formula is C19H23N3O4S2. The fraction of sp³-hybridized carbons (Fsp3) is 0.474. The lowest BCUT2D eigenvalue weighted by molar-refractivity contribution is -0.113. The smallest absolute Gasteiger partial charge is 0.202 e. The van der Waals surface area contributed by atoms with Gasteiger partial charge in [0.2, 0.25) is 4.77 Å². The number of anilines is 2. The van der Waals surface area contributed by atoms with Crippen molar-refractivity contribution in [3.63, 3.8) is 0 Å². The number of hydrogen-bond donors (Lipinski definition) is 1. The maximum absolute atomic E-state index is 6.05. The molecule has 1 fully saturated rings. The van der Waals surface area contributed by atoms with E-state index >= 15 is 0 Å². The van der Waals surface area contributed by atoms with E-state index in [4.69, 9.17) is 31.2 Å². The lowest BCUT2D eigenvalue weighted by Crippen LogP contribution is -2.46. The Labute approximate surface area is 173 Å². The number of thioether (sulfide) groups is 1. The number of hydrogen-bond acceptors (Lipinski definition) is 8. The minimum Gasteiger partial charge on any atom is -0.450 e. The molecule has 7 nitrogen and oxygen atoms in total. The van der Waals surface area contributed by atoms with Crippen LogP contribution in [0.1, 0.15) is 11.8 Å². The zero-order valence-electron chi connectivity index (χ0n) is 16.0. The molecule has 2 aliphatic heterocycles. The lowest BCUT2D eigenvalue weighted by Gasteiger charge is -2.34. The molecule has 0 aliphatic carbocycles. The predicted molar refractivity (Wildman–Crippen MR) is 111 cm³/mol. The normalized spacial score (nSPS) is 25.5. The average Bonchev–Trinajstić information content (AvgIpc) is 3.09. The zero-order chi connectivity index (χ0) is 19.7. The van der Waals surface area contributed by atoms with Gasteiger partial charge in [-0.25, -0.2) is 0 Å². The van der Waals surface area contributed by atoms with Gasteiger partial charge in [0.05, 0.1) is 11.9 Å². The number of nitrogens with zero attached hydrogens (tertiary/aromatic N) is 2. The summed E-state index contributed by atoms with van der Waals surface area (Å²) >= 11 is 7.33. The van der Waals surface area contributed by atoms with Gasteiger partial charge < -0.3 is 28.8 Å². The van der Waals surface area contributed by atoms with Crippen LogP contribution in [0.4, 0.5) is 11.5 Å². The highest BCUT2D eigenvalue weighted by molar-refractivity contribution is 7.99. The number of nitrogens with one attached hydrogen (secondary N) is 1. The number of ether oxygens (including phenoxy) is 4. The van der Waals surface area contributed by atoms with Crippen LogP contribution in [0.15, 0.2) is 30.5 Å². The van der Waals surface area contributed by atoms with Crippen LogP contribution in [0, 0.1) is 4.77 Å². The van der Waals surface area contributed by atoms with Crippen LogP contribution in [0.3, 0.4) is 0 Å². The molecule has 1 saturated heterocycles. The van der Waals surface area contributed by atoms with Gasteiger partial charge in [0.25, 0.3) is 0 Å². The van der Waals surface area contributed by atoms with Gasteiger partial charge in [-0.2, -0.15) is 4.98 Å². The third-order valence-electron chi connectivity index (χ3n) is 5.22. The molecular weight excluding hydrogens is 398 g/mol. The quantitative estimate of drug-likeness (QED) is 0.596. The van der Waals surface area contributed by atoms with Crippen molar-refractivity contribution in [3.05, 3.63) is 35.2 Å². The van der Waals surface area contributed by atoms with Crippen LogP contribution in [0.5, 0.6) is 11.5 Å². The van der Waals surface area contributed by atoms with Crippen molar-refractivity contribution in [2.45, 2.75) is 23.5 Å². The molecule has 2 aromatic rings.